The van der Waals surface area contributed by atoms with Gasteiger partial charge in [-0.2, -0.15) is 5.10 Å². The van der Waals surface area contributed by atoms with Crippen LogP contribution in [0.4, 0.5) is 17.1 Å². The lowest BCUT2D eigenvalue weighted by atomic mass is 9.78. The third-order valence-corrected chi connectivity index (χ3v) is 6.76. The summed E-state index contributed by atoms with van der Waals surface area (Å²) in [6.07, 6.45) is 7.41. The zero-order valence-corrected chi connectivity index (χ0v) is 20.1. The molecule has 1 aromatic carbocycles. The first kappa shape index (κ1) is 23.5. The summed E-state index contributed by atoms with van der Waals surface area (Å²) in [5.74, 6) is -0.871. The van der Waals surface area contributed by atoms with E-state index in [0.29, 0.717) is 0 Å². The van der Waals surface area contributed by atoms with Gasteiger partial charge < -0.3 is 20.6 Å². The van der Waals surface area contributed by atoms with Crippen LogP contribution in [0.1, 0.15) is 60.4 Å². The van der Waals surface area contributed by atoms with Crippen LogP contribution >= 0.6 is 0 Å². The molecular formula is C24H30N6O4. The molecule has 180 valence electrons. The summed E-state index contributed by atoms with van der Waals surface area (Å²) in [7, 11) is 4.95. The van der Waals surface area contributed by atoms with Crippen LogP contribution in [0, 0.1) is 12.3 Å². The second-order valence-corrected chi connectivity index (χ2v) is 9.60. The predicted octanol–water partition coefficient (Wildman–Crippen LogP) is 2.60. The quantitative estimate of drug-likeness (QED) is 0.453. The van der Waals surface area contributed by atoms with Gasteiger partial charge in [-0.3, -0.25) is 19.1 Å². The van der Waals surface area contributed by atoms with E-state index in [1.807, 2.05) is 20.2 Å². The molecule has 1 saturated carbocycles. The highest BCUT2D eigenvalue weighted by molar-refractivity contribution is 5.97. The van der Waals surface area contributed by atoms with E-state index in [0.717, 1.165) is 36.9 Å². The standard InChI is InChI=1S/C24H30N6O4/c1-13-12-30(5)28-15(13)22(24(2)9-6-7-10-24)27-17-16(20(32)21(17)33)26-14-8-11-25-18(19(14)31)23(34)29(3)4/h8,11-12,22,27,31H,6-7,9-10H2,1-5H3,(H,25,26)/t22-/m1/s1. The van der Waals surface area contributed by atoms with Crippen molar-refractivity contribution in [3.8, 4) is 5.75 Å². The van der Waals surface area contributed by atoms with Crippen molar-refractivity contribution in [1.29, 1.82) is 0 Å². The number of aromatic hydroxyl groups is 1. The van der Waals surface area contributed by atoms with E-state index in [-0.39, 0.29) is 40.0 Å². The maximum absolute atomic E-state index is 12.6. The molecule has 3 N–H and O–H groups in total. The zero-order valence-electron chi connectivity index (χ0n) is 20.1. The van der Waals surface area contributed by atoms with Crippen LogP contribution in [0.25, 0.3) is 0 Å². The van der Waals surface area contributed by atoms with Crippen LogP contribution in [-0.4, -0.2) is 44.8 Å². The van der Waals surface area contributed by atoms with Gasteiger partial charge in [-0.25, -0.2) is 4.98 Å². The van der Waals surface area contributed by atoms with Gasteiger partial charge in [-0.1, -0.05) is 19.8 Å². The van der Waals surface area contributed by atoms with E-state index in [2.05, 4.69) is 27.6 Å². The molecule has 1 aliphatic carbocycles. The minimum Gasteiger partial charge on any atom is -0.504 e. The first-order valence-corrected chi connectivity index (χ1v) is 11.3. The maximum Gasteiger partial charge on any atom is 0.275 e. The molecule has 1 amide bonds. The number of carbonyl (C=O) groups is 1. The van der Waals surface area contributed by atoms with Gasteiger partial charge in [0.05, 0.1) is 17.4 Å². The average molecular weight is 467 g/mol. The molecule has 1 fully saturated rings. The Bertz CT molecular complexity index is 1310. The monoisotopic (exact) mass is 466 g/mol. The lowest BCUT2D eigenvalue weighted by molar-refractivity contribution is 0.0819. The van der Waals surface area contributed by atoms with Crippen molar-refractivity contribution >= 4 is 23.0 Å². The Morgan fingerprint density at radius 2 is 1.85 bits per heavy atom. The first-order chi connectivity index (χ1) is 16.0. The highest BCUT2D eigenvalue weighted by Crippen LogP contribution is 2.49. The van der Waals surface area contributed by atoms with Crippen molar-refractivity contribution in [3.63, 3.8) is 0 Å². The van der Waals surface area contributed by atoms with Crippen molar-refractivity contribution in [1.82, 2.24) is 19.7 Å². The van der Waals surface area contributed by atoms with Crippen LogP contribution in [0.2, 0.25) is 0 Å². The highest BCUT2D eigenvalue weighted by Gasteiger charge is 2.41. The summed E-state index contributed by atoms with van der Waals surface area (Å²) in [4.78, 5) is 42.7. The fourth-order valence-electron chi connectivity index (χ4n) is 4.80. The molecule has 1 atom stereocenters. The lowest BCUT2D eigenvalue weighted by Crippen LogP contribution is -2.40. The minimum atomic E-state index is -0.688. The number of hydrogen-bond donors (Lipinski definition) is 3. The Labute approximate surface area is 197 Å². The van der Waals surface area contributed by atoms with Crippen molar-refractivity contribution in [2.75, 3.05) is 24.7 Å². The van der Waals surface area contributed by atoms with Crippen molar-refractivity contribution in [2.45, 2.75) is 45.6 Å². The number of pyridine rings is 1. The third kappa shape index (κ3) is 3.93. The fourth-order valence-corrected chi connectivity index (χ4v) is 4.80. The molecule has 2 heterocycles. The summed E-state index contributed by atoms with van der Waals surface area (Å²) < 4.78 is 1.75. The van der Waals surface area contributed by atoms with Crippen LogP contribution in [0.15, 0.2) is 28.0 Å². The number of nitrogens with one attached hydrogen (secondary N) is 2. The number of aromatic nitrogens is 3. The van der Waals surface area contributed by atoms with Gasteiger partial charge >= 0.3 is 0 Å². The predicted molar refractivity (Wildman–Crippen MR) is 129 cm³/mol. The Kier molecular flexibility index (Phi) is 5.93. The summed E-state index contributed by atoms with van der Waals surface area (Å²) in [5, 5.41) is 21.4. The normalized spacial score (nSPS) is 15.9. The Hall–Kier alpha value is -3.69. The van der Waals surface area contributed by atoms with Crippen molar-refractivity contribution in [2.24, 2.45) is 12.5 Å². The smallest absolute Gasteiger partial charge is 0.275 e. The molecule has 4 rings (SSSR count). The summed E-state index contributed by atoms with van der Waals surface area (Å²) in [5.41, 5.74) is 0.571. The van der Waals surface area contributed by atoms with Crippen LogP contribution in [0.3, 0.4) is 0 Å². The molecule has 0 spiro atoms. The minimum absolute atomic E-state index is 0.0509. The summed E-state index contributed by atoms with van der Waals surface area (Å²) >= 11 is 0. The maximum atomic E-state index is 12.6. The molecule has 0 bridgehead atoms. The third-order valence-electron chi connectivity index (χ3n) is 6.76. The number of amides is 1. The second-order valence-electron chi connectivity index (χ2n) is 9.60. The Morgan fingerprint density at radius 3 is 2.44 bits per heavy atom. The van der Waals surface area contributed by atoms with Crippen molar-refractivity contribution in [3.05, 3.63) is 55.9 Å². The van der Waals surface area contributed by atoms with E-state index in [1.54, 1.807) is 18.8 Å². The number of aryl methyl sites for hydroxylation is 2. The Balaban J connectivity index is 1.70. The number of hydrogen-bond acceptors (Lipinski definition) is 8. The summed E-state index contributed by atoms with van der Waals surface area (Å²) in [6.45, 7) is 4.16. The van der Waals surface area contributed by atoms with Gasteiger partial charge in [0.15, 0.2) is 11.4 Å². The Morgan fingerprint density at radius 1 is 1.21 bits per heavy atom. The topological polar surface area (TPSA) is 129 Å². The SMILES string of the molecule is Cc1cn(C)nc1[C@@H](Nc1c(Nc2ccnc(C(=O)N(C)C)c2O)c(=O)c1=O)C1(C)CCCC1. The molecule has 0 radical (unpaired) electrons. The molecular weight excluding hydrogens is 436 g/mol. The van der Waals surface area contributed by atoms with E-state index in [4.69, 9.17) is 0 Å². The molecule has 1 aliphatic rings. The van der Waals surface area contributed by atoms with Gasteiger partial charge in [-0.15, -0.1) is 0 Å². The molecule has 0 aliphatic heterocycles. The second kappa shape index (κ2) is 8.58. The number of nitrogens with zero attached hydrogens (tertiary/aromatic N) is 4. The highest BCUT2D eigenvalue weighted by atomic mass is 16.3. The van der Waals surface area contributed by atoms with E-state index >= 15 is 0 Å². The van der Waals surface area contributed by atoms with Crippen molar-refractivity contribution < 1.29 is 9.90 Å². The molecule has 10 nitrogen and oxygen atoms in total. The van der Waals surface area contributed by atoms with E-state index in [1.165, 1.54) is 17.2 Å². The lowest BCUT2D eigenvalue weighted by Gasteiger charge is -2.35. The van der Waals surface area contributed by atoms with Gasteiger partial charge in [-0.05, 0) is 36.8 Å². The first-order valence-electron chi connectivity index (χ1n) is 11.3. The van der Waals surface area contributed by atoms with Gasteiger partial charge in [0, 0.05) is 33.5 Å². The van der Waals surface area contributed by atoms with Crippen LogP contribution in [-0.2, 0) is 7.05 Å². The molecule has 3 aromatic rings. The van der Waals surface area contributed by atoms with Crippen LogP contribution in [0.5, 0.6) is 5.75 Å². The number of rotatable bonds is 7. The van der Waals surface area contributed by atoms with E-state index in [9.17, 15) is 19.5 Å². The number of anilines is 3. The summed E-state index contributed by atoms with van der Waals surface area (Å²) in [6, 6.07) is 1.18. The zero-order chi connectivity index (χ0) is 24.8. The molecule has 0 saturated heterocycles. The van der Waals surface area contributed by atoms with Gasteiger partial charge in [0.1, 0.15) is 11.4 Å². The average Bonchev–Trinajstić information content (AvgIpc) is 3.38. The van der Waals surface area contributed by atoms with Crippen LogP contribution < -0.4 is 21.5 Å². The fraction of sp³-hybridized carbons (Fsp3) is 0.458. The molecule has 34 heavy (non-hydrogen) atoms. The number of carbonyl (C=O) groups excluding carboxylic acids is 1. The molecule has 0 unspecified atom stereocenters. The van der Waals surface area contributed by atoms with Gasteiger partial charge in [0.2, 0.25) is 0 Å². The molecule has 2 aromatic heterocycles. The molecule has 10 heteroatoms. The van der Waals surface area contributed by atoms with Gasteiger partial charge in [0.25, 0.3) is 16.8 Å². The largest absolute Gasteiger partial charge is 0.504 e. The van der Waals surface area contributed by atoms with E-state index < -0.39 is 16.8 Å².